The van der Waals surface area contributed by atoms with E-state index in [1.54, 1.807) is 36.5 Å². The van der Waals surface area contributed by atoms with Gasteiger partial charge in [-0.1, -0.05) is 40.2 Å². The topological polar surface area (TPSA) is 59.1 Å². The molecule has 1 heterocycles. The van der Waals surface area contributed by atoms with E-state index in [4.69, 9.17) is 0 Å². The van der Waals surface area contributed by atoms with Crippen LogP contribution in [0.5, 0.6) is 0 Å². The normalized spacial score (nSPS) is 13.1. The molecule has 0 amide bonds. The van der Waals surface area contributed by atoms with Crippen molar-refractivity contribution >= 4 is 26.0 Å². The number of hydrogen-bond acceptors (Lipinski definition) is 3. The Morgan fingerprint density at radius 1 is 1.11 bits per heavy atom. The van der Waals surface area contributed by atoms with Crippen molar-refractivity contribution < 1.29 is 8.42 Å². The zero-order valence-corrected chi connectivity index (χ0v) is 12.4. The maximum absolute atomic E-state index is 12.1. The molecule has 0 fully saturated rings. The number of nitrogens with one attached hydrogen (secondary N) is 1. The summed E-state index contributed by atoms with van der Waals surface area (Å²) in [5, 5.41) is 0. The summed E-state index contributed by atoms with van der Waals surface area (Å²) >= 11 is 3.32. The molecule has 1 aromatic heterocycles. The van der Waals surface area contributed by atoms with Crippen molar-refractivity contribution in [3.8, 4) is 0 Å². The Morgan fingerprint density at radius 3 is 2.42 bits per heavy atom. The average Bonchev–Trinajstić information content (AvgIpc) is 2.40. The van der Waals surface area contributed by atoms with Gasteiger partial charge in [0.25, 0.3) is 0 Å². The van der Waals surface area contributed by atoms with Crippen LogP contribution in [-0.4, -0.2) is 18.4 Å². The minimum Gasteiger partial charge on any atom is -0.261 e. The van der Waals surface area contributed by atoms with Crippen molar-refractivity contribution in [1.82, 2.24) is 9.71 Å². The number of pyridine rings is 1. The lowest BCUT2D eigenvalue weighted by molar-refractivity contribution is 0.578. The van der Waals surface area contributed by atoms with E-state index in [2.05, 4.69) is 25.6 Å². The molecule has 0 spiro atoms. The van der Waals surface area contributed by atoms with Gasteiger partial charge in [0.1, 0.15) is 0 Å². The molecule has 1 atom stereocenters. The first-order valence-electron chi connectivity index (χ1n) is 5.69. The molecule has 4 nitrogen and oxygen atoms in total. The molecule has 0 aliphatic rings. The first-order valence-corrected chi connectivity index (χ1v) is 8.09. The lowest BCUT2D eigenvalue weighted by Gasteiger charge is -2.12. The van der Waals surface area contributed by atoms with Gasteiger partial charge in [0.2, 0.25) is 10.0 Å². The van der Waals surface area contributed by atoms with Crippen LogP contribution in [-0.2, 0) is 16.4 Å². The SMILES string of the molecule is O=S(=O)(NC(Br)Cc1ccccn1)c1ccccc1. The molecule has 1 N–H and O–H groups in total. The predicted octanol–water partition coefficient (Wildman–Crippen LogP) is 2.32. The lowest BCUT2D eigenvalue weighted by atomic mass is 10.3. The zero-order chi connectivity index (χ0) is 13.7. The first kappa shape index (κ1) is 14.2. The Morgan fingerprint density at radius 2 is 1.79 bits per heavy atom. The quantitative estimate of drug-likeness (QED) is 0.671. The molecule has 1 aromatic carbocycles. The molecule has 1 unspecified atom stereocenters. The number of rotatable bonds is 5. The number of nitrogens with zero attached hydrogens (tertiary/aromatic N) is 1. The summed E-state index contributed by atoms with van der Waals surface area (Å²) < 4.78 is 26.7. The van der Waals surface area contributed by atoms with Crippen LogP contribution < -0.4 is 4.72 Å². The zero-order valence-electron chi connectivity index (χ0n) is 10.0. The van der Waals surface area contributed by atoms with E-state index in [-0.39, 0.29) is 4.90 Å². The van der Waals surface area contributed by atoms with Crippen LogP contribution in [0.4, 0.5) is 0 Å². The van der Waals surface area contributed by atoms with Gasteiger partial charge in [-0.15, -0.1) is 0 Å². The summed E-state index contributed by atoms with van der Waals surface area (Å²) in [7, 11) is -3.50. The van der Waals surface area contributed by atoms with Crippen molar-refractivity contribution in [2.24, 2.45) is 0 Å². The average molecular weight is 341 g/mol. The summed E-state index contributed by atoms with van der Waals surface area (Å²) in [6.45, 7) is 0. The highest BCUT2D eigenvalue weighted by Crippen LogP contribution is 2.12. The highest BCUT2D eigenvalue weighted by molar-refractivity contribution is 9.09. The summed E-state index contributed by atoms with van der Waals surface area (Å²) in [6, 6.07) is 13.8. The predicted molar refractivity (Wildman–Crippen MR) is 77.4 cm³/mol. The van der Waals surface area contributed by atoms with Crippen LogP contribution in [0.25, 0.3) is 0 Å². The molecule has 0 saturated carbocycles. The summed E-state index contributed by atoms with van der Waals surface area (Å²) in [5.74, 6) is 0. The van der Waals surface area contributed by atoms with Gasteiger partial charge in [-0.3, -0.25) is 4.98 Å². The van der Waals surface area contributed by atoms with Gasteiger partial charge in [-0.05, 0) is 24.3 Å². The van der Waals surface area contributed by atoms with E-state index in [1.165, 1.54) is 0 Å². The largest absolute Gasteiger partial charge is 0.261 e. The van der Waals surface area contributed by atoms with Crippen molar-refractivity contribution in [2.45, 2.75) is 16.3 Å². The Kier molecular flexibility index (Phi) is 4.68. The van der Waals surface area contributed by atoms with Gasteiger partial charge in [0.15, 0.2) is 0 Å². The van der Waals surface area contributed by atoms with Crippen LogP contribution in [0, 0.1) is 0 Å². The second kappa shape index (κ2) is 6.27. The number of benzene rings is 1. The maximum atomic E-state index is 12.1. The van der Waals surface area contributed by atoms with Gasteiger partial charge < -0.3 is 0 Å². The molecule has 100 valence electrons. The van der Waals surface area contributed by atoms with E-state index in [0.29, 0.717) is 6.42 Å². The Balaban J connectivity index is 2.05. The Labute approximate surface area is 121 Å². The third-order valence-corrected chi connectivity index (χ3v) is 4.79. The number of hydrogen-bond donors (Lipinski definition) is 1. The summed E-state index contributed by atoms with van der Waals surface area (Å²) in [5.41, 5.74) is 0.820. The Hall–Kier alpha value is -1.24. The van der Waals surface area contributed by atoms with Crippen LogP contribution >= 0.6 is 15.9 Å². The number of alkyl halides is 1. The summed E-state index contributed by atoms with van der Waals surface area (Å²) in [6.07, 6.45) is 2.16. The van der Waals surface area contributed by atoms with Crippen molar-refractivity contribution in [2.75, 3.05) is 0 Å². The van der Waals surface area contributed by atoms with Crippen LogP contribution in [0.2, 0.25) is 0 Å². The maximum Gasteiger partial charge on any atom is 0.241 e. The van der Waals surface area contributed by atoms with E-state index in [1.807, 2.05) is 18.2 Å². The molecule has 0 saturated heterocycles. The minimum atomic E-state index is -3.50. The molecule has 19 heavy (non-hydrogen) atoms. The van der Waals surface area contributed by atoms with Crippen molar-refractivity contribution in [3.63, 3.8) is 0 Å². The smallest absolute Gasteiger partial charge is 0.241 e. The molecule has 0 bridgehead atoms. The van der Waals surface area contributed by atoms with Gasteiger partial charge in [0, 0.05) is 18.3 Å². The number of sulfonamides is 1. The molecular weight excluding hydrogens is 328 g/mol. The van der Waals surface area contributed by atoms with Crippen molar-refractivity contribution in [1.29, 1.82) is 0 Å². The minimum absolute atomic E-state index is 0.250. The van der Waals surface area contributed by atoms with Gasteiger partial charge in [0.05, 0.1) is 9.85 Å². The van der Waals surface area contributed by atoms with E-state index < -0.39 is 15.0 Å². The first-order chi connectivity index (χ1) is 9.08. The molecule has 0 aliphatic heterocycles. The molecule has 2 aromatic rings. The van der Waals surface area contributed by atoms with Gasteiger partial charge >= 0.3 is 0 Å². The fraction of sp³-hybridized carbons (Fsp3) is 0.154. The molecule has 0 radical (unpaired) electrons. The lowest BCUT2D eigenvalue weighted by Crippen LogP contribution is -2.32. The highest BCUT2D eigenvalue weighted by atomic mass is 79.9. The van der Waals surface area contributed by atoms with Gasteiger partial charge in [-0.25, -0.2) is 8.42 Å². The third kappa shape index (κ3) is 4.12. The van der Waals surface area contributed by atoms with Crippen LogP contribution in [0.3, 0.4) is 0 Å². The fourth-order valence-corrected chi connectivity index (χ4v) is 3.72. The molecular formula is C13H13BrN2O2S. The van der Waals surface area contributed by atoms with Crippen LogP contribution in [0.1, 0.15) is 5.69 Å². The third-order valence-electron chi connectivity index (χ3n) is 2.45. The number of halogens is 1. The monoisotopic (exact) mass is 340 g/mol. The molecule has 6 heteroatoms. The summed E-state index contributed by atoms with van der Waals surface area (Å²) in [4.78, 5) is 4.01. The highest BCUT2D eigenvalue weighted by Gasteiger charge is 2.18. The second-order valence-electron chi connectivity index (χ2n) is 3.93. The molecule has 2 rings (SSSR count). The van der Waals surface area contributed by atoms with E-state index in [9.17, 15) is 8.42 Å². The fourth-order valence-electron chi connectivity index (χ4n) is 1.58. The number of aromatic nitrogens is 1. The van der Waals surface area contributed by atoms with Gasteiger partial charge in [-0.2, -0.15) is 4.72 Å². The standard InChI is InChI=1S/C13H13BrN2O2S/c14-13(10-11-6-4-5-9-15-11)16-19(17,18)12-7-2-1-3-8-12/h1-9,13,16H,10H2. The van der Waals surface area contributed by atoms with Crippen molar-refractivity contribution in [3.05, 3.63) is 60.4 Å². The van der Waals surface area contributed by atoms with E-state index >= 15 is 0 Å². The molecule has 0 aliphatic carbocycles. The Bertz CT molecular complexity index is 618. The second-order valence-corrected chi connectivity index (χ2v) is 6.75. The van der Waals surface area contributed by atoms with E-state index in [0.717, 1.165) is 5.69 Å². The van der Waals surface area contributed by atoms with Crippen LogP contribution in [0.15, 0.2) is 59.6 Å².